The Morgan fingerprint density at radius 1 is 0.742 bits per heavy atom. The zero-order valence-electron chi connectivity index (χ0n) is 18.1. The zero-order valence-corrected chi connectivity index (χ0v) is 18.1. The van der Waals surface area contributed by atoms with Crippen molar-refractivity contribution < 1.29 is 9.47 Å². The summed E-state index contributed by atoms with van der Waals surface area (Å²) < 4.78 is 12.3. The summed E-state index contributed by atoms with van der Waals surface area (Å²) in [7, 11) is 1.76. The minimum Gasteiger partial charge on any atom is -0.496 e. The third-order valence-electron chi connectivity index (χ3n) is 6.50. The van der Waals surface area contributed by atoms with E-state index in [-0.39, 0.29) is 0 Å². The fraction of sp³-hybridized carbons (Fsp3) is 0.286. The Bertz CT molecular complexity index is 1190. The monoisotopic (exact) mass is 411 g/mol. The van der Waals surface area contributed by atoms with Gasteiger partial charge in [-0.1, -0.05) is 60.7 Å². The zero-order chi connectivity index (χ0) is 21.0. The van der Waals surface area contributed by atoms with Crippen LogP contribution in [0.4, 0.5) is 0 Å². The van der Waals surface area contributed by atoms with Crippen molar-refractivity contribution >= 4 is 21.5 Å². The van der Waals surface area contributed by atoms with Crippen LogP contribution in [-0.2, 0) is 6.42 Å². The molecule has 0 saturated carbocycles. The third-order valence-corrected chi connectivity index (χ3v) is 6.50. The van der Waals surface area contributed by atoms with Gasteiger partial charge < -0.3 is 14.8 Å². The fourth-order valence-corrected chi connectivity index (χ4v) is 4.76. The van der Waals surface area contributed by atoms with Crippen molar-refractivity contribution in [1.82, 2.24) is 5.32 Å². The first-order chi connectivity index (χ1) is 15.3. The lowest BCUT2D eigenvalue weighted by atomic mass is 9.93. The molecule has 3 nitrogen and oxygen atoms in total. The minimum absolute atomic E-state index is 0.618. The van der Waals surface area contributed by atoms with E-state index in [0.717, 1.165) is 37.6 Å². The molecular weight excluding hydrogens is 382 g/mol. The lowest BCUT2D eigenvalue weighted by Gasteiger charge is -2.24. The van der Waals surface area contributed by atoms with E-state index < -0.39 is 0 Å². The summed E-state index contributed by atoms with van der Waals surface area (Å²) in [6.45, 7) is 2.96. The summed E-state index contributed by atoms with van der Waals surface area (Å²) in [6, 6.07) is 25.7. The molecule has 0 atom stereocenters. The molecule has 31 heavy (non-hydrogen) atoms. The summed E-state index contributed by atoms with van der Waals surface area (Å²) in [5, 5.41) is 8.40. The van der Waals surface area contributed by atoms with Crippen LogP contribution in [-0.4, -0.2) is 26.8 Å². The topological polar surface area (TPSA) is 30.5 Å². The molecule has 5 rings (SSSR count). The number of fused-ring (bicyclic) bond motifs is 2. The van der Waals surface area contributed by atoms with E-state index in [9.17, 15) is 0 Å². The van der Waals surface area contributed by atoms with Gasteiger partial charge in [0.15, 0.2) is 0 Å². The molecule has 4 aromatic rings. The van der Waals surface area contributed by atoms with Crippen molar-refractivity contribution in [2.45, 2.75) is 19.3 Å². The van der Waals surface area contributed by atoms with E-state index in [4.69, 9.17) is 9.47 Å². The van der Waals surface area contributed by atoms with Gasteiger partial charge in [-0.3, -0.25) is 0 Å². The predicted molar refractivity (Wildman–Crippen MR) is 128 cm³/mol. The number of hydrogen-bond donors (Lipinski definition) is 1. The van der Waals surface area contributed by atoms with Gasteiger partial charge in [0.25, 0.3) is 0 Å². The molecule has 0 spiro atoms. The number of benzene rings is 4. The SMILES string of the molecule is COc1ccc2ccccc2c1Cc1c(OCC2CCNCC2)ccc2ccccc12. The molecule has 0 radical (unpaired) electrons. The maximum absolute atomic E-state index is 6.47. The van der Waals surface area contributed by atoms with E-state index in [0.29, 0.717) is 5.92 Å². The van der Waals surface area contributed by atoms with Gasteiger partial charge in [-0.15, -0.1) is 0 Å². The maximum Gasteiger partial charge on any atom is 0.123 e. The van der Waals surface area contributed by atoms with Crippen molar-refractivity contribution in [3.05, 3.63) is 83.9 Å². The lowest BCUT2D eigenvalue weighted by Crippen LogP contribution is -2.30. The quantitative estimate of drug-likeness (QED) is 0.424. The summed E-state index contributed by atoms with van der Waals surface area (Å²) in [5.74, 6) is 2.54. The van der Waals surface area contributed by atoms with E-state index in [1.807, 2.05) is 0 Å². The molecular formula is C28H29NO2. The number of methoxy groups -OCH3 is 1. The number of ether oxygens (including phenoxy) is 2. The van der Waals surface area contributed by atoms with E-state index in [2.05, 4.69) is 78.1 Å². The average molecular weight is 412 g/mol. The highest BCUT2D eigenvalue weighted by Crippen LogP contribution is 2.36. The third kappa shape index (κ3) is 4.11. The van der Waals surface area contributed by atoms with Crippen LogP contribution in [0.5, 0.6) is 11.5 Å². The molecule has 158 valence electrons. The molecule has 0 aliphatic carbocycles. The molecule has 0 amide bonds. The maximum atomic E-state index is 6.47. The predicted octanol–water partition coefficient (Wildman–Crippen LogP) is 5.97. The van der Waals surface area contributed by atoms with Crippen LogP contribution in [0.1, 0.15) is 24.0 Å². The average Bonchev–Trinajstić information content (AvgIpc) is 2.84. The van der Waals surface area contributed by atoms with Gasteiger partial charge in [-0.05, 0) is 65.5 Å². The molecule has 1 N–H and O–H groups in total. The first kappa shape index (κ1) is 19.9. The van der Waals surface area contributed by atoms with Gasteiger partial charge in [0.05, 0.1) is 13.7 Å². The number of piperidine rings is 1. The minimum atomic E-state index is 0.618. The Morgan fingerprint density at radius 2 is 1.32 bits per heavy atom. The fourth-order valence-electron chi connectivity index (χ4n) is 4.76. The molecule has 3 heteroatoms. The molecule has 1 heterocycles. The number of rotatable bonds is 6. The van der Waals surface area contributed by atoms with Gasteiger partial charge in [-0.25, -0.2) is 0 Å². The van der Waals surface area contributed by atoms with Crippen LogP contribution in [0.25, 0.3) is 21.5 Å². The Balaban J connectivity index is 1.58. The molecule has 1 fully saturated rings. The summed E-state index contributed by atoms with van der Waals surface area (Å²) >= 11 is 0. The first-order valence-electron chi connectivity index (χ1n) is 11.2. The second kappa shape index (κ2) is 8.99. The molecule has 1 saturated heterocycles. The van der Waals surface area contributed by atoms with Gasteiger partial charge in [-0.2, -0.15) is 0 Å². The van der Waals surface area contributed by atoms with E-state index in [1.54, 1.807) is 7.11 Å². The largest absolute Gasteiger partial charge is 0.496 e. The van der Waals surface area contributed by atoms with Crippen LogP contribution >= 0.6 is 0 Å². The normalized spacial score (nSPS) is 14.7. The highest BCUT2D eigenvalue weighted by molar-refractivity contribution is 5.91. The van der Waals surface area contributed by atoms with Crippen molar-refractivity contribution in [2.24, 2.45) is 5.92 Å². The molecule has 1 aliphatic heterocycles. The highest BCUT2D eigenvalue weighted by Gasteiger charge is 2.18. The van der Waals surface area contributed by atoms with Crippen molar-refractivity contribution in [3.8, 4) is 11.5 Å². The van der Waals surface area contributed by atoms with Crippen LogP contribution in [0, 0.1) is 5.92 Å². The summed E-state index contributed by atoms with van der Waals surface area (Å²) in [5.41, 5.74) is 2.45. The smallest absolute Gasteiger partial charge is 0.123 e. The van der Waals surface area contributed by atoms with Crippen LogP contribution < -0.4 is 14.8 Å². The Kier molecular flexibility index (Phi) is 5.77. The van der Waals surface area contributed by atoms with Gasteiger partial charge in [0, 0.05) is 17.5 Å². The molecule has 4 aromatic carbocycles. The van der Waals surface area contributed by atoms with E-state index >= 15 is 0 Å². The Morgan fingerprint density at radius 3 is 1.97 bits per heavy atom. The van der Waals surface area contributed by atoms with Crippen molar-refractivity contribution in [2.75, 3.05) is 26.8 Å². The number of nitrogens with one attached hydrogen (secondary N) is 1. The van der Waals surface area contributed by atoms with Crippen LogP contribution in [0.3, 0.4) is 0 Å². The number of hydrogen-bond acceptors (Lipinski definition) is 3. The summed E-state index contributed by atoms with van der Waals surface area (Å²) in [4.78, 5) is 0. The molecule has 1 aliphatic rings. The highest BCUT2D eigenvalue weighted by atomic mass is 16.5. The van der Waals surface area contributed by atoms with Crippen LogP contribution in [0.2, 0.25) is 0 Å². The second-order valence-corrected chi connectivity index (χ2v) is 8.41. The standard InChI is InChI=1S/C28H29NO2/c1-30-27-12-10-21-6-2-4-8-23(21)25(27)18-26-24-9-5-3-7-22(24)11-13-28(26)31-19-20-14-16-29-17-15-20/h2-13,20,29H,14-19H2,1H3. The van der Waals surface area contributed by atoms with Gasteiger partial charge in [0.1, 0.15) is 11.5 Å². The first-order valence-corrected chi connectivity index (χ1v) is 11.2. The van der Waals surface area contributed by atoms with Gasteiger partial charge in [0.2, 0.25) is 0 Å². The second-order valence-electron chi connectivity index (χ2n) is 8.41. The van der Waals surface area contributed by atoms with Crippen molar-refractivity contribution in [3.63, 3.8) is 0 Å². The Labute approximate surface area is 184 Å². The van der Waals surface area contributed by atoms with Crippen LogP contribution in [0.15, 0.2) is 72.8 Å². The van der Waals surface area contributed by atoms with E-state index in [1.165, 1.54) is 45.5 Å². The summed E-state index contributed by atoms with van der Waals surface area (Å²) in [6.07, 6.45) is 3.13. The lowest BCUT2D eigenvalue weighted by molar-refractivity contribution is 0.214. The molecule has 0 aromatic heterocycles. The van der Waals surface area contributed by atoms with Crippen molar-refractivity contribution in [1.29, 1.82) is 0 Å². The molecule has 0 bridgehead atoms. The molecule has 0 unspecified atom stereocenters. The Hall–Kier alpha value is -3.04. The van der Waals surface area contributed by atoms with Gasteiger partial charge >= 0.3 is 0 Å².